The SMILES string of the molecule is COc1ccc(Nc2nc(C)cc(N(Cc3ccccc3)C(C)C)n2)cc1Cl. The fraction of sp³-hybridized carbons (Fsp3) is 0.273. The Morgan fingerprint density at radius 2 is 1.82 bits per heavy atom. The highest BCUT2D eigenvalue weighted by Crippen LogP contribution is 2.29. The third kappa shape index (κ3) is 4.93. The summed E-state index contributed by atoms with van der Waals surface area (Å²) in [4.78, 5) is 11.5. The van der Waals surface area contributed by atoms with Crippen molar-refractivity contribution in [2.75, 3.05) is 17.3 Å². The Kier molecular flexibility index (Phi) is 6.37. The second-order valence-corrected chi connectivity index (χ2v) is 7.28. The zero-order valence-corrected chi connectivity index (χ0v) is 17.4. The van der Waals surface area contributed by atoms with Crippen LogP contribution in [0.15, 0.2) is 54.6 Å². The Bertz CT molecular complexity index is 931. The zero-order valence-electron chi connectivity index (χ0n) is 16.6. The summed E-state index contributed by atoms with van der Waals surface area (Å²) in [6.45, 7) is 7.08. The monoisotopic (exact) mass is 396 g/mol. The number of aryl methyl sites for hydroxylation is 1. The average molecular weight is 397 g/mol. The molecule has 0 atom stereocenters. The van der Waals surface area contributed by atoms with Crippen molar-refractivity contribution in [2.24, 2.45) is 0 Å². The topological polar surface area (TPSA) is 50.3 Å². The largest absolute Gasteiger partial charge is 0.495 e. The smallest absolute Gasteiger partial charge is 0.229 e. The Labute approximate surface area is 171 Å². The molecule has 0 spiro atoms. The van der Waals surface area contributed by atoms with E-state index in [2.05, 4.69) is 53.3 Å². The number of rotatable bonds is 7. The molecule has 0 aliphatic rings. The van der Waals surface area contributed by atoms with Gasteiger partial charge in [0.1, 0.15) is 11.6 Å². The van der Waals surface area contributed by atoms with Crippen molar-refractivity contribution in [3.63, 3.8) is 0 Å². The van der Waals surface area contributed by atoms with Gasteiger partial charge in [-0.05, 0) is 44.5 Å². The Hall–Kier alpha value is -2.79. The standard InChI is InChI=1S/C22H25ClN4O/c1-15(2)27(14-17-8-6-5-7-9-17)21-12-16(3)24-22(26-21)25-18-10-11-20(28-4)19(23)13-18/h5-13,15H,14H2,1-4H3,(H,24,25,26). The lowest BCUT2D eigenvalue weighted by Crippen LogP contribution is -2.31. The number of hydrogen-bond acceptors (Lipinski definition) is 5. The van der Waals surface area contributed by atoms with Gasteiger partial charge in [-0.1, -0.05) is 41.9 Å². The molecule has 6 heteroatoms. The normalized spacial score (nSPS) is 10.8. The van der Waals surface area contributed by atoms with E-state index in [1.54, 1.807) is 13.2 Å². The second kappa shape index (κ2) is 8.93. The number of benzene rings is 2. The molecule has 0 bridgehead atoms. The highest BCUT2D eigenvalue weighted by atomic mass is 35.5. The number of halogens is 1. The average Bonchev–Trinajstić information content (AvgIpc) is 2.66. The van der Waals surface area contributed by atoms with Crippen LogP contribution < -0.4 is 15.0 Å². The van der Waals surface area contributed by atoms with Crippen molar-refractivity contribution >= 4 is 29.1 Å². The number of methoxy groups -OCH3 is 1. The quantitative estimate of drug-likeness (QED) is 0.562. The van der Waals surface area contributed by atoms with E-state index in [1.807, 2.05) is 31.2 Å². The number of ether oxygens (including phenoxy) is 1. The van der Waals surface area contributed by atoms with Gasteiger partial charge in [0.2, 0.25) is 5.95 Å². The molecule has 0 aliphatic carbocycles. The molecule has 0 amide bonds. The summed E-state index contributed by atoms with van der Waals surface area (Å²) in [6.07, 6.45) is 0. The maximum absolute atomic E-state index is 6.23. The van der Waals surface area contributed by atoms with Gasteiger partial charge in [0, 0.05) is 30.0 Å². The molecule has 0 fully saturated rings. The third-order valence-electron chi connectivity index (χ3n) is 4.36. The van der Waals surface area contributed by atoms with Crippen LogP contribution in [0.2, 0.25) is 5.02 Å². The lowest BCUT2D eigenvalue weighted by molar-refractivity contribution is 0.415. The molecule has 5 nitrogen and oxygen atoms in total. The van der Waals surface area contributed by atoms with Crippen LogP contribution in [0.25, 0.3) is 0 Å². The predicted molar refractivity (Wildman–Crippen MR) is 116 cm³/mol. The number of hydrogen-bond donors (Lipinski definition) is 1. The fourth-order valence-corrected chi connectivity index (χ4v) is 3.19. The molecule has 0 radical (unpaired) electrons. The van der Waals surface area contributed by atoms with E-state index in [9.17, 15) is 0 Å². The summed E-state index contributed by atoms with van der Waals surface area (Å²) in [5.41, 5.74) is 2.94. The van der Waals surface area contributed by atoms with Gasteiger partial charge in [0.25, 0.3) is 0 Å². The highest BCUT2D eigenvalue weighted by Gasteiger charge is 2.15. The van der Waals surface area contributed by atoms with E-state index in [-0.39, 0.29) is 6.04 Å². The molecule has 0 aliphatic heterocycles. The summed E-state index contributed by atoms with van der Waals surface area (Å²) >= 11 is 6.23. The van der Waals surface area contributed by atoms with E-state index >= 15 is 0 Å². The van der Waals surface area contributed by atoms with Crippen molar-refractivity contribution in [2.45, 2.75) is 33.4 Å². The van der Waals surface area contributed by atoms with Gasteiger partial charge in [-0.15, -0.1) is 0 Å². The van der Waals surface area contributed by atoms with Crippen molar-refractivity contribution in [1.82, 2.24) is 9.97 Å². The van der Waals surface area contributed by atoms with E-state index in [4.69, 9.17) is 21.3 Å². The Morgan fingerprint density at radius 3 is 2.46 bits per heavy atom. The van der Waals surface area contributed by atoms with Gasteiger partial charge in [-0.25, -0.2) is 4.98 Å². The van der Waals surface area contributed by atoms with Crippen LogP contribution in [0.4, 0.5) is 17.5 Å². The third-order valence-corrected chi connectivity index (χ3v) is 4.66. The number of nitrogens with zero attached hydrogens (tertiary/aromatic N) is 3. The molecular formula is C22H25ClN4O. The van der Waals surface area contributed by atoms with Crippen LogP contribution in [0.5, 0.6) is 5.75 Å². The first-order valence-corrected chi connectivity index (χ1v) is 9.61. The van der Waals surface area contributed by atoms with Crippen molar-refractivity contribution in [3.05, 3.63) is 70.9 Å². The zero-order chi connectivity index (χ0) is 20.1. The van der Waals surface area contributed by atoms with Crippen LogP contribution in [0.3, 0.4) is 0 Å². The number of anilines is 3. The first-order valence-electron chi connectivity index (χ1n) is 9.23. The molecule has 0 unspecified atom stereocenters. The van der Waals surface area contributed by atoms with Crippen LogP contribution >= 0.6 is 11.6 Å². The molecule has 1 N–H and O–H groups in total. The Morgan fingerprint density at radius 1 is 1.07 bits per heavy atom. The molecule has 3 aromatic rings. The first kappa shape index (κ1) is 20.0. The molecule has 1 aromatic heterocycles. The van der Waals surface area contributed by atoms with Gasteiger partial charge >= 0.3 is 0 Å². The predicted octanol–water partition coefficient (Wildman–Crippen LogP) is 5.61. The molecule has 0 saturated carbocycles. The minimum Gasteiger partial charge on any atom is -0.495 e. The molecule has 0 saturated heterocycles. The minimum atomic E-state index is 0.290. The second-order valence-electron chi connectivity index (χ2n) is 6.87. The molecule has 1 heterocycles. The van der Waals surface area contributed by atoms with Gasteiger partial charge in [-0.2, -0.15) is 4.98 Å². The molecule has 146 valence electrons. The van der Waals surface area contributed by atoms with E-state index in [0.717, 1.165) is 23.7 Å². The van der Waals surface area contributed by atoms with Crippen LogP contribution in [-0.4, -0.2) is 23.1 Å². The minimum absolute atomic E-state index is 0.290. The van der Waals surface area contributed by atoms with E-state index in [0.29, 0.717) is 16.7 Å². The molecular weight excluding hydrogens is 372 g/mol. The lowest BCUT2D eigenvalue weighted by atomic mass is 10.2. The van der Waals surface area contributed by atoms with E-state index in [1.165, 1.54) is 5.56 Å². The fourth-order valence-electron chi connectivity index (χ4n) is 2.94. The summed E-state index contributed by atoms with van der Waals surface area (Å²) in [7, 11) is 1.59. The summed E-state index contributed by atoms with van der Waals surface area (Å²) in [5.74, 6) is 2.05. The first-order chi connectivity index (χ1) is 13.5. The molecule has 3 rings (SSSR count). The maximum Gasteiger partial charge on any atom is 0.229 e. The van der Waals surface area contributed by atoms with E-state index < -0.39 is 0 Å². The summed E-state index contributed by atoms with van der Waals surface area (Å²) in [6, 6.07) is 18.2. The number of nitrogens with one attached hydrogen (secondary N) is 1. The van der Waals surface area contributed by atoms with Crippen LogP contribution in [0.1, 0.15) is 25.1 Å². The lowest BCUT2D eigenvalue weighted by Gasteiger charge is -2.28. The van der Waals surface area contributed by atoms with Gasteiger partial charge < -0.3 is 15.0 Å². The highest BCUT2D eigenvalue weighted by molar-refractivity contribution is 6.32. The van der Waals surface area contributed by atoms with Gasteiger partial charge in [-0.3, -0.25) is 0 Å². The van der Waals surface area contributed by atoms with Crippen LogP contribution in [0, 0.1) is 6.92 Å². The number of aromatic nitrogens is 2. The van der Waals surface area contributed by atoms with Crippen molar-refractivity contribution < 1.29 is 4.74 Å². The van der Waals surface area contributed by atoms with Crippen molar-refractivity contribution in [3.8, 4) is 5.75 Å². The molecule has 2 aromatic carbocycles. The summed E-state index contributed by atoms with van der Waals surface area (Å²) in [5, 5.41) is 3.78. The Balaban J connectivity index is 1.87. The van der Waals surface area contributed by atoms with Crippen molar-refractivity contribution in [1.29, 1.82) is 0 Å². The summed E-state index contributed by atoms with van der Waals surface area (Å²) < 4.78 is 5.21. The van der Waals surface area contributed by atoms with Crippen LogP contribution in [-0.2, 0) is 6.54 Å². The van der Waals surface area contributed by atoms with Gasteiger partial charge in [0.05, 0.1) is 12.1 Å². The van der Waals surface area contributed by atoms with Gasteiger partial charge in [0.15, 0.2) is 0 Å². The maximum atomic E-state index is 6.23. The molecule has 28 heavy (non-hydrogen) atoms.